The van der Waals surface area contributed by atoms with Crippen LogP contribution in [0.5, 0.6) is 34.5 Å². The van der Waals surface area contributed by atoms with E-state index in [1.807, 2.05) is 0 Å². The van der Waals surface area contributed by atoms with Crippen molar-refractivity contribution in [3.8, 4) is 34.5 Å². The highest BCUT2D eigenvalue weighted by atomic mass is 19.3. The highest BCUT2D eigenvalue weighted by Crippen LogP contribution is 2.40. The Morgan fingerprint density at radius 3 is 1.96 bits per heavy atom. The number of benzene rings is 2. The minimum Gasteiger partial charge on any atom is -0.493 e. The van der Waals surface area contributed by atoms with Crippen molar-refractivity contribution in [1.29, 1.82) is 0 Å². The third-order valence-corrected chi connectivity index (χ3v) is 8.04. The van der Waals surface area contributed by atoms with E-state index >= 15 is 0 Å². The Labute approximate surface area is 273 Å². The number of carbonyl (C=O) groups is 2. The average molecular weight is 667 g/mol. The van der Waals surface area contributed by atoms with E-state index in [1.54, 1.807) is 9.80 Å². The Balaban J connectivity index is 1.59. The van der Waals surface area contributed by atoms with Crippen LogP contribution in [0.25, 0.3) is 0 Å². The van der Waals surface area contributed by atoms with Gasteiger partial charge >= 0.3 is 11.9 Å². The van der Waals surface area contributed by atoms with E-state index in [0.717, 1.165) is 0 Å². The molecule has 0 radical (unpaired) electrons. The minimum absolute atomic E-state index is 0.0636. The second-order valence-corrected chi connectivity index (χ2v) is 11.3. The molecule has 47 heavy (non-hydrogen) atoms. The fourth-order valence-electron chi connectivity index (χ4n) is 5.72. The van der Waals surface area contributed by atoms with E-state index in [2.05, 4.69) is 0 Å². The summed E-state index contributed by atoms with van der Waals surface area (Å²) in [5.41, 5.74) is 0.383. The van der Waals surface area contributed by atoms with E-state index in [4.69, 9.17) is 37.9 Å². The highest BCUT2D eigenvalue weighted by Gasteiger charge is 2.37. The molecule has 3 atom stereocenters. The number of esters is 2. The summed E-state index contributed by atoms with van der Waals surface area (Å²) in [5.74, 6) is -2.36. The maximum atomic E-state index is 15.0. The maximum absolute atomic E-state index is 15.0. The molecule has 0 N–H and O–H groups in total. The molecular formula is C33H44F2N2O10. The van der Waals surface area contributed by atoms with Crippen molar-refractivity contribution in [3.05, 3.63) is 35.4 Å². The molecule has 2 aromatic rings. The third-order valence-electron chi connectivity index (χ3n) is 8.04. The van der Waals surface area contributed by atoms with E-state index in [9.17, 15) is 18.4 Å². The van der Waals surface area contributed by atoms with Gasteiger partial charge in [-0.2, -0.15) is 0 Å². The Kier molecular flexibility index (Phi) is 12.7. The van der Waals surface area contributed by atoms with Crippen LogP contribution in [0.15, 0.2) is 24.3 Å². The van der Waals surface area contributed by atoms with Crippen molar-refractivity contribution in [2.24, 2.45) is 0 Å². The molecule has 2 heterocycles. The van der Waals surface area contributed by atoms with Gasteiger partial charge in [-0.15, -0.1) is 0 Å². The average Bonchev–Trinajstić information content (AvgIpc) is 3.21. The first-order valence-corrected chi connectivity index (χ1v) is 15.5. The summed E-state index contributed by atoms with van der Waals surface area (Å²) in [6.07, 6.45) is 0.877. The summed E-state index contributed by atoms with van der Waals surface area (Å²) in [7, 11) is 7.27. The van der Waals surface area contributed by atoms with Crippen molar-refractivity contribution in [3.63, 3.8) is 0 Å². The van der Waals surface area contributed by atoms with Crippen LogP contribution < -0.4 is 28.4 Å². The summed E-state index contributed by atoms with van der Waals surface area (Å²) in [6.45, 7) is 0.901. The first kappa shape index (κ1) is 35.8. The molecule has 2 unspecified atom stereocenters. The highest BCUT2D eigenvalue weighted by molar-refractivity contribution is 5.92. The second kappa shape index (κ2) is 16.7. The lowest BCUT2D eigenvalue weighted by molar-refractivity contribution is -0.0407. The van der Waals surface area contributed by atoms with Gasteiger partial charge in [0.25, 0.3) is 5.92 Å². The minimum atomic E-state index is -2.94. The molecule has 0 saturated carbocycles. The largest absolute Gasteiger partial charge is 0.493 e. The standard InChI is InChI=1S/C33H44F2N2O10/c1-40-25-17-23(18-26(41-2)29(25)43-4)32(39)47-24-8-6-14-45-28-19-22(16-27(42-3)30(28)44-5)31(38)46-15-7-10-36-12-13-37(11-9-24)21-33(34,35)20-36/h16-19,24H,6-15,20-21H2,1-5H3/t24-/m0/s1. The monoisotopic (exact) mass is 666 g/mol. The smallest absolute Gasteiger partial charge is 0.338 e. The molecule has 0 aliphatic carbocycles. The van der Waals surface area contributed by atoms with Gasteiger partial charge in [-0.3, -0.25) is 9.80 Å². The molecule has 2 aliphatic heterocycles. The van der Waals surface area contributed by atoms with Crippen molar-refractivity contribution in [2.45, 2.75) is 37.7 Å². The molecule has 4 rings (SSSR count). The number of ether oxygens (including phenoxy) is 8. The van der Waals surface area contributed by atoms with Gasteiger partial charge in [-0.05, 0) is 49.9 Å². The summed E-state index contributed by atoms with van der Waals surface area (Å²) in [6, 6.07) is 6.01. The van der Waals surface area contributed by atoms with Gasteiger partial charge in [0.05, 0.1) is 73.0 Å². The number of methoxy groups -OCH3 is 5. The molecule has 1 saturated heterocycles. The lowest BCUT2D eigenvalue weighted by Crippen LogP contribution is -2.40. The molecule has 1 fully saturated rings. The fraction of sp³-hybridized carbons (Fsp3) is 0.576. The van der Waals surface area contributed by atoms with Crippen molar-refractivity contribution < 1.29 is 56.3 Å². The Morgan fingerprint density at radius 1 is 0.745 bits per heavy atom. The zero-order valence-corrected chi connectivity index (χ0v) is 27.6. The summed E-state index contributed by atoms with van der Waals surface area (Å²) in [5, 5.41) is 0. The van der Waals surface area contributed by atoms with Crippen LogP contribution in [0.3, 0.4) is 0 Å². The lowest BCUT2D eigenvalue weighted by Gasteiger charge is -2.26. The van der Waals surface area contributed by atoms with E-state index in [1.165, 1.54) is 59.8 Å². The van der Waals surface area contributed by atoms with E-state index in [0.29, 0.717) is 74.9 Å². The fourth-order valence-corrected chi connectivity index (χ4v) is 5.72. The molecule has 4 bridgehead atoms. The zero-order valence-electron chi connectivity index (χ0n) is 27.6. The Morgan fingerprint density at radius 2 is 1.34 bits per heavy atom. The number of fused-ring (bicyclic) bond motifs is 5. The molecule has 2 aromatic carbocycles. The Bertz CT molecular complexity index is 1350. The molecule has 12 nitrogen and oxygen atoms in total. The number of hydrogen-bond donors (Lipinski definition) is 0. The van der Waals surface area contributed by atoms with Gasteiger partial charge < -0.3 is 37.9 Å². The molecule has 0 spiro atoms. The molecular weight excluding hydrogens is 622 g/mol. The van der Waals surface area contributed by atoms with Gasteiger partial charge in [-0.25, -0.2) is 18.4 Å². The quantitative estimate of drug-likeness (QED) is 0.392. The molecule has 260 valence electrons. The Hall–Kier alpha value is -4.04. The van der Waals surface area contributed by atoms with Crippen molar-refractivity contribution in [1.82, 2.24) is 9.80 Å². The van der Waals surface area contributed by atoms with Gasteiger partial charge in [-0.1, -0.05) is 0 Å². The number of carbonyl (C=O) groups excluding carboxylic acids is 2. The van der Waals surface area contributed by atoms with Gasteiger partial charge in [0.1, 0.15) is 6.10 Å². The van der Waals surface area contributed by atoms with Crippen LogP contribution >= 0.6 is 0 Å². The van der Waals surface area contributed by atoms with Crippen LogP contribution in [0, 0.1) is 0 Å². The molecule has 14 heteroatoms. The van der Waals surface area contributed by atoms with Crippen LogP contribution in [0.2, 0.25) is 0 Å². The topological polar surface area (TPSA) is 114 Å². The summed E-state index contributed by atoms with van der Waals surface area (Å²) < 4.78 is 74.5. The van der Waals surface area contributed by atoms with Crippen LogP contribution in [0.4, 0.5) is 8.78 Å². The molecule has 2 aliphatic rings. The maximum Gasteiger partial charge on any atom is 0.338 e. The number of alkyl halides is 2. The van der Waals surface area contributed by atoms with E-state index in [-0.39, 0.29) is 35.8 Å². The lowest BCUT2D eigenvalue weighted by atomic mass is 10.1. The van der Waals surface area contributed by atoms with Gasteiger partial charge in [0, 0.05) is 26.2 Å². The predicted molar refractivity (Wildman–Crippen MR) is 167 cm³/mol. The SMILES string of the molecule is COc1cc(C(=O)O[C@H]2CCCOc3cc(cc(OC)c3OC)C(=O)OCCCN3CCN(CC2)CC(F)(F)C3)cc(OC)c1OC. The van der Waals surface area contributed by atoms with Crippen molar-refractivity contribution >= 4 is 11.9 Å². The zero-order chi connectivity index (χ0) is 34.0. The van der Waals surface area contributed by atoms with Crippen molar-refractivity contribution in [2.75, 3.05) is 88.0 Å². The predicted octanol–water partition coefficient (Wildman–Crippen LogP) is 4.32. The number of nitrogens with zero attached hydrogens (tertiary/aromatic N) is 2. The van der Waals surface area contributed by atoms with Crippen LogP contribution in [-0.4, -0.2) is 122 Å². The van der Waals surface area contributed by atoms with Crippen LogP contribution in [-0.2, 0) is 9.47 Å². The summed E-state index contributed by atoms with van der Waals surface area (Å²) in [4.78, 5) is 29.7. The van der Waals surface area contributed by atoms with Gasteiger partial charge in [0.15, 0.2) is 23.0 Å². The number of hydrogen-bond acceptors (Lipinski definition) is 12. The summed E-state index contributed by atoms with van der Waals surface area (Å²) >= 11 is 0. The second-order valence-electron chi connectivity index (χ2n) is 11.3. The third kappa shape index (κ3) is 9.50. The number of rotatable bonds is 7. The van der Waals surface area contributed by atoms with Gasteiger partial charge in [0.2, 0.25) is 11.5 Å². The van der Waals surface area contributed by atoms with E-state index < -0.39 is 37.1 Å². The normalized spacial score (nSPS) is 22.2. The van der Waals surface area contributed by atoms with Crippen LogP contribution in [0.1, 0.15) is 46.4 Å². The molecule has 0 amide bonds. The first-order chi connectivity index (χ1) is 22.6. The number of cyclic esters (lactones) is 1. The molecule has 0 aromatic heterocycles. The first-order valence-electron chi connectivity index (χ1n) is 15.5. The number of halogens is 2.